The Labute approximate surface area is 122 Å². The maximum Gasteiger partial charge on any atom is 0.237 e. The van der Waals surface area contributed by atoms with E-state index in [-0.39, 0.29) is 12.2 Å². The Bertz CT molecular complexity index is 534. The molecule has 1 saturated carbocycles. The van der Waals surface area contributed by atoms with Crippen LogP contribution in [-0.2, 0) is 4.79 Å². The van der Waals surface area contributed by atoms with Gasteiger partial charge in [0.15, 0.2) is 11.6 Å². The number of nitrogens with one attached hydrogen (secondary N) is 1. The first-order chi connectivity index (χ1) is 9.82. The van der Waals surface area contributed by atoms with Crippen molar-refractivity contribution in [2.45, 2.75) is 50.8 Å². The van der Waals surface area contributed by atoms with Crippen molar-refractivity contribution in [1.82, 2.24) is 5.32 Å². The smallest absolute Gasteiger partial charge is 0.237 e. The van der Waals surface area contributed by atoms with E-state index in [1.54, 1.807) is 13.8 Å². The van der Waals surface area contributed by atoms with E-state index in [4.69, 9.17) is 10.5 Å². The fraction of sp³-hybridized carbons (Fsp3) is 0.533. The van der Waals surface area contributed by atoms with E-state index >= 15 is 0 Å². The molecule has 0 aliphatic heterocycles. The highest BCUT2D eigenvalue weighted by Crippen LogP contribution is 2.27. The Balaban J connectivity index is 2.03. The summed E-state index contributed by atoms with van der Waals surface area (Å²) in [6.07, 6.45) is 1.80. The van der Waals surface area contributed by atoms with Crippen molar-refractivity contribution in [3.63, 3.8) is 0 Å². The zero-order chi connectivity index (χ0) is 15.6. The van der Waals surface area contributed by atoms with Crippen molar-refractivity contribution >= 4 is 5.91 Å². The van der Waals surface area contributed by atoms with Gasteiger partial charge in [0.05, 0.1) is 11.6 Å². The number of halogens is 2. The van der Waals surface area contributed by atoms with Crippen molar-refractivity contribution in [3.05, 3.63) is 29.8 Å². The Kier molecular flexibility index (Phi) is 4.46. The molecule has 3 N–H and O–H groups in total. The van der Waals surface area contributed by atoms with E-state index in [9.17, 15) is 13.6 Å². The topological polar surface area (TPSA) is 64.3 Å². The number of ether oxygens (including phenoxy) is 1. The van der Waals surface area contributed by atoms with Crippen molar-refractivity contribution in [1.29, 1.82) is 0 Å². The van der Waals surface area contributed by atoms with Gasteiger partial charge in [0, 0.05) is 12.5 Å². The second-order valence-corrected chi connectivity index (χ2v) is 5.80. The minimum atomic E-state index is -1.03. The van der Waals surface area contributed by atoms with Crippen molar-refractivity contribution in [3.8, 4) is 5.75 Å². The summed E-state index contributed by atoms with van der Waals surface area (Å²) in [5.41, 5.74) is 4.53. The predicted octanol–water partition coefficient (Wildman–Crippen LogP) is 2.12. The number of rotatable bonds is 7. The lowest BCUT2D eigenvalue weighted by Crippen LogP contribution is -2.55. The van der Waals surface area contributed by atoms with Crippen LogP contribution in [-0.4, -0.2) is 23.6 Å². The largest absolute Gasteiger partial charge is 0.487 e. The lowest BCUT2D eigenvalue weighted by atomic mass is 9.93. The fourth-order valence-corrected chi connectivity index (χ4v) is 2.32. The Hall–Kier alpha value is -1.69. The normalized spacial score (nSPS) is 18.9. The van der Waals surface area contributed by atoms with Crippen LogP contribution in [0.3, 0.4) is 0 Å². The molecule has 2 atom stereocenters. The van der Waals surface area contributed by atoms with Crippen molar-refractivity contribution in [2.24, 2.45) is 5.73 Å². The standard InChI is InChI=1S/C15H20F2N2O2/c1-9(21-12-5-3-4-11(16)13(12)17)8-15(2,14(18)20)19-10-6-7-10/h3-5,9-10,19H,6-8H2,1-2H3,(H2,18,20). The second-order valence-electron chi connectivity index (χ2n) is 5.80. The Morgan fingerprint density at radius 1 is 1.52 bits per heavy atom. The number of hydrogen-bond acceptors (Lipinski definition) is 3. The van der Waals surface area contributed by atoms with Gasteiger partial charge in [0.1, 0.15) is 0 Å². The van der Waals surface area contributed by atoms with Gasteiger partial charge in [-0.05, 0) is 38.8 Å². The number of primary amides is 1. The number of carbonyl (C=O) groups is 1. The number of amides is 1. The number of carbonyl (C=O) groups excluding carboxylic acids is 1. The first-order valence-electron chi connectivity index (χ1n) is 7.00. The first-order valence-corrected chi connectivity index (χ1v) is 7.00. The molecular weight excluding hydrogens is 278 g/mol. The highest BCUT2D eigenvalue weighted by molar-refractivity contribution is 5.84. The van der Waals surface area contributed by atoms with Crippen LogP contribution in [0.1, 0.15) is 33.1 Å². The molecule has 1 aliphatic rings. The van der Waals surface area contributed by atoms with E-state index in [2.05, 4.69) is 5.32 Å². The van der Waals surface area contributed by atoms with Crippen LogP contribution in [0, 0.1) is 11.6 Å². The highest BCUT2D eigenvalue weighted by Gasteiger charge is 2.38. The van der Waals surface area contributed by atoms with E-state index in [0.29, 0.717) is 6.04 Å². The van der Waals surface area contributed by atoms with Gasteiger partial charge in [-0.15, -0.1) is 0 Å². The predicted molar refractivity (Wildman–Crippen MR) is 74.8 cm³/mol. The summed E-state index contributed by atoms with van der Waals surface area (Å²) in [6, 6.07) is 4.04. The fourth-order valence-electron chi connectivity index (χ4n) is 2.32. The molecular formula is C15H20F2N2O2. The number of nitrogens with two attached hydrogens (primary N) is 1. The molecule has 1 aliphatic carbocycles. The lowest BCUT2D eigenvalue weighted by Gasteiger charge is -2.30. The van der Waals surface area contributed by atoms with E-state index in [1.165, 1.54) is 12.1 Å². The summed E-state index contributed by atoms with van der Waals surface area (Å²) in [5, 5.41) is 3.19. The third-order valence-electron chi connectivity index (χ3n) is 3.58. The molecule has 4 nitrogen and oxygen atoms in total. The Morgan fingerprint density at radius 2 is 2.19 bits per heavy atom. The maximum atomic E-state index is 13.6. The zero-order valence-electron chi connectivity index (χ0n) is 12.2. The summed E-state index contributed by atoms with van der Waals surface area (Å²) < 4.78 is 32.1. The van der Waals surface area contributed by atoms with Crippen LogP contribution in [0.4, 0.5) is 8.78 Å². The van der Waals surface area contributed by atoms with E-state index in [1.807, 2.05) is 0 Å². The summed E-state index contributed by atoms with van der Waals surface area (Å²) in [7, 11) is 0. The third-order valence-corrected chi connectivity index (χ3v) is 3.58. The molecule has 0 bridgehead atoms. The monoisotopic (exact) mass is 298 g/mol. The summed E-state index contributed by atoms with van der Waals surface area (Å²) in [5.74, 6) is -2.64. The van der Waals surface area contributed by atoms with Crippen LogP contribution in [0.15, 0.2) is 18.2 Å². The van der Waals surface area contributed by atoms with Crippen molar-refractivity contribution in [2.75, 3.05) is 0 Å². The molecule has 21 heavy (non-hydrogen) atoms. The quantitative estimate of drug-likeness (QED) is 0.810. The molecule has 0 aromatic heterocycles. The first kappa shape index (κ1) is 15.7. The van der Waals surface area contributed by atoms with Gasteiger partial charge in [0.25, 0.3) is 0 Å². The Morgan fingerprint density at radius 3 is 2.76 bits per heavy atom. The molecule has 2 rings (SSSR count). The molecule has 0 spiro atoms. The average Bonchev–Trinajstić information content (AvgIpc) is 3.18. The molecule has 1 amide bonds. The van der Waals surface area contributed by atoms with Crippen LogP contribution in [0.2, 0.25) is 0 Å². The highest BCUT2D eigenvalue weighted by atomic mass is 19.2. The van der Waals surface area contributed by atoms with Gasteiger partial charge in [0.2, 0.25) is 11.7 Å². The molecule has 1 aromatic carbocycles. The SMILES string of the molecule is CC(CC(C)(NC1CC1)C(N)=O)Oc1cccc(F)c1F. The minimum absolute atomic E-state index is 0.166. The summed E-state index contributed by atoms with van der Waals surface area (Å²) in [6.45, 7) is 3.40. The van der Waals surface area contributed by atoms with Crippen LogP contribution < -0.4 is 15.8 Å². The van der Waals surface area contributed by atoms with Gasteiger partial charge in [-0.3, -0.25) is 4.79 Å². The molecule has 116 valence electrons. The van der Waals surface area contributed by atoms with Crippen LogP contribution >= 0.6 is 0 Å². The second kappa shape index (κ2) is 5.97. The van der Waals surface area contributed by atoms with E-state index in [0.717, 1.165) is 18.9 Å². The number of benzene rings is 1. The summed E-state index contributed by atoms with van der Waals surface area (Å²) in [4.78, 5) is 11.7. The minimum Gasteiger partial charge on any atom is -0.487 e. The van der Waals surface area contributed by atoms with Gasteiger partial charge in [-0.25, -0.2) is 4.39 Å². The maximum absolute atomic E-state index is 13.6. The molecule has 0 radical (unpaired) electrons. The van der Waals surface area contributed by atoms with Crippen LogP contribution in [0.5, 0.6) is 5.75 Å². The summed E-state index contributed by atoms with van der Waals surface area (Å²) >= 11 is 0. The zero-order valence-corrected chi connectivity index (χ0v) is 12.2. The molecule has 0 saturated heterocycles. The van der Waals surface area contributed by atoms with Gasteiger partial charge in [-0.1, -0.05) is 6.07 Å². The molecule has 2 unspecified atom stereocenters. The molecule has 1 aromatic rings. The third kappa shape index (κ3) is 3.91. The molecule has 6 heteroatoms. The van der Waals surface area contributed by atoms with E-state index < -0.39 is 29.2 Å². The van der Waals surface area contributed by atoms with Gasteiger partial charge in [-0.2, -0.15) is 4.39 Å². The molecule has 0 heterocycles. The average molecular weight is 298 g/mol. The van der Waals surface area contributed by atoms with Gasteiger partial charge < -0.3 is 15.8 Å². The lowest BCUT2D eigenvalue weighted by molar-refractivity contribution is -0.124. The van der Waals surface area contributed by atoms with Gasteiger partial charge >= 0.3 is 0 Å². The number of hydrogen-bond donors (Lipinski definition) is 2. The molecule has 1 fully saturated rings. The van der Waals surface area contributed by atoms with Crippen molar-refractivity contribution < 1.29 is 18.3 Å². The van der Waals surface area contributed by atoms with Crippen LogP contribution in [0.25, 0.3) is 0 Å².